The summed E-state index contributed by atoms with van der Waals surface area (Å²) in [5.74, 6) is 0. The number of nitrogens with one attached hydrogen (secondary N) is 1. The topological polar surface area (TPSA) is 15.3 Å². The fourth-order valence-electron chi connectivity index (χ4n) is 3.03. The number of halogens is 2. The van der Waals surface area contributed by atoms with Crippen molar-refractivity contribution in [3.05, 3.63) is 27.7 Å². The summed E-state index contributed by atoms with van der Waals surface area (Å²) in [5.41, 5.74) is 1.36. The molecule has 1 heterocycles. The van der Waals surface area contributed by atoms with Gasteiger partial charge in [0.05, 0.1) is 10.7 Å². The van der Waals surface area contributed by atoms with Crippen LogP contribution in [-0.4, -0.2) is 24.7 Å². The second-order valence-electron chi connectivity index (χ2n) is 5.65. The van der Waals surface area contributed by atoms with Crippen LogP contribution in [0.25, 0.3) is 0 Å². The van der Waals surface area contributed by atoms with Gasteiger partial charge in [0.2, 0.25) is 0 Å². The predicted octanol–water partition coefficient (Wildman–Crippen LogP) is 4.85. The molecule has 1 fully saturated rings. The monoisotopic (exact) mass is 358 g/mol. The van der Waals surface area contributed by atoms with Gasteiger partial charge >= 0.3 is 0 Å². The number of hydrogen-bond acceptors (Lipinski definition) is 2. The Morgan fingerprint density at radius 1 is 1.35 bits per heavy atom. The zero-order valence-corrected chi connectivity index (χ0v) is 14.9. The van der Waals surface area contributed by atoms with E-state index in [1.165, 1.54) is 0 Å². The van der Waals surface area contributed by atoms with E-state index in [0.29, 0.717) is 6.04 Å². The number of nitrogens with zero attached hydrogens (tertiary/aromatic N) is 1. The summed E-state index contributed by atoms with van der Waals surface area (Å²) in [6.07, 6.45) is 3.41. The molecule has 0 radical (unpaired) electrons. The van der Waals surface area contributed by atoms with E-state index < -0.39 is 0 Å². The van der Waals surface area contributed by atoms with Gasteiger partial charge in [-0.1, -0.05) is 48.3 Å². The maximum atomic E-state index is 6.45. The average molecular weight is 360 g/mol. The first-order valence-electron chi connectivity index (χ1n) is 7.52. The molecule has 1 aliphatic rings. The van der Waals surface area contributed by atoms with E-state index in [1.807, 2.05) is 12.1 Å². The van der Waals surface area contributed by atoms with Crippen LogP contribution in [0.4, 0.5) is 5.69 Å². The minimum Gasteiger partial charge on any atom is -0.364 e. The second kappa shape index (κ2) is 6.67. The highest BCUT2D eigenvalue weighted by Crippen LogP contribution is 2.35. The molecule has 1 unspecified atom stereocenters. The van der Waals surface area contributed by atoms with Gasteiger partial charge in [0.25, 0.3) is 0 Å². The Hall–Kier alpha value is -0.250. The van der Waals surface area contributed by atoms with E-state index in [2.05, 4.69) is 53.0 Å². The van der Waals surface area contributed by atoms with Crippen LogP contribution in [0.15, 0.2) is 22.7 Å². The molecule has 1 atom stereocenters. The molecule has 2 nitrogen and oxygen atoms in total. The summed E-state index contributed by atoms with van der Waals surface area (Å²) < 4.78 is 1.09. The van der Waals surface area contributed by atoms with Crippen LogP contribution < -0.4 is 10.2 Å². The molecule has 20 heavy (non-hydrogen) atoms. The Kier molecular flexibility index (Phi) is 5.38. The van der Waals surface area contributed by atoms with Crippen molar-refractivity contribution in [1.29, 1.82) is 0 Å². The van der Waals surface area contributed by atoms with Gasteiger partial charge in [-0.05, 0) is 37.5 Å². The lowest BCUT2D eigenvalue weighted by Gasteiger charge is -2.48. The Bertz CT molecular complexity index is 460. The number of rotatable bonds is 4. The summed E-state index contributed by atoms with van der Waals surface area (Å²) in [5, 5.41) is 4.61. The van der Waals surface area contributed by atoms with Gasteiger partial charge in [-0.2, -0.15) is 0 Å². The summed E-state index contributed by atoms with van der Waals surface area (Å²) in [6.45, 7) is 8.83. The van der Waals surface area contributed by atoms with Gasteiger partial charge < -0.3 is 10.2 Å². The highest BCUT2D eigenvalue weighted by Gasteiger charge is 2.36. The molecule has 1 saturated heterocycles. The molecule has 0 saturated carbocycles. The van der Waals surface area contributed by atoms with Crippen molar-refractivity contribution in [2.45, 2.75) is 51.6 Å². The molecule has 1 aromatic rings. The Labute approximate surface area is 136 Å². The maximum absolute atomic E-state index is 6.45. The molecule has 2 rings (SSSR count). The minimum atomic E-state index is 0.206. The summed E-state index contributed by atoms with van der Waals surface area (Å²) in [6, 6.07) is 6.64. The molecule has 0 bridgehead atoms. The van der Waals surface area contributed by atoms with Gasteiger partial charge in [-0.25, -0.2) is 0 Å². The molecule has 1 N–H and O–H groups in total. The van der Waals surface area contributed by atoms with Crippen LogP contribution in [0.5, 0.6) is 0 Å². The van der Waals surface area contributed by atoms with Gasteiger partial charge in [0.15, 0.2) is 0 Å². The molecule has 1 aromatic carbocycles. The first kappa shape index (κ1) is 16.1. The summed E-state index contributed by atoms with van der Waals surface area (Å²) in [4.78, 5) is 2.50. The van der Waals surface area contributed by atoms with Gasteiger partial charge in [0.1, 0.15) is 0 Å². The molecular weight excluding hydrogens is 336 g/mol. The Morgan fingerprint density at radius 3 is 2.65 bits per heavy atom. The lowest BCUT2D eigenvalue weighted by Crippen LogP contribution is -2.64. The van der Waals surface area contributed by atoms with Crippen LogP contribution in [-0.2, 0) is 0 Å². The first-order chi connectivity index (χ1) is 9.55. The third-order valence-corrected chi connectivity index (χ3v) is 5.48. The quantitative estimate of drug-likeness (QED) is 0.826. The van der Waals surface area contributed by atoms with Gasteiger partial charge in [-0.15, -0.1) is 0 Å². The first-order valence-corrected chi connectivity index (χ1v) is 8.69. The SMILES string of the molecule is CCC1CNC(CC)(CC)CN1c1cc(Br)ccc1Cl. The molecule has 4 heteroatoms. The van der Waals surface area contributed by atoms with Crippen molar-refractivity contribution in [2.24, 2.45) is 0 Å². The lowest BCUT2D eigenvalue weighted by atomic mass is 9.87. The van der Waals surface area contributed by atoms with E-state index in [4.69, 9.17) is 11.6 Å². The molecular formula is C16H24BrClN2. The molecule has 1 aliphatic heterocycles. The lowest BCUT2D eigenvalue weighted by molar-refractivity contribution is 0.246. The second-order valence-corrected chi connectivity index (χ2v) is 6.98. The van der Waals surface area contributed by atoms with Crippen LogP contribution in [0.1, 0.15) is 40.0 Å². The summed E-state index contributed by atoms with van der Waals surface area (Å²) in [7, 11) is 0. The smallest absolute Gasteiger partial charge is 0.0640 e. The molecule has 0 amide bonds. The maximum Gasteiger partial charge on any atom is 0.0640 e. The highest BCUT2D eigenvalue weighted by molar-refractivity contribution is 9.10. The van der Waals surface area contributed by atoms with E-state index in [0.717, 1.165) is 47.5 Å². The van der Waals surface area contributed by atoms with Crippen molar-refractivity contribution >= 4 is 33.2 Å². The largest absolute Gasteiger partial charge is 0.364 e. The standard InChI is InChI=1S/C16H24BrClN2/c1-4-13-10-19-16(5-2,6-3)11-20(13)15-9-12(17)7-8-14(15)18/h7-9,13,19H,4-6,10-11H2,1-3H3. The zero-order chi connectivity index (χ0) is 14.8. The van der Waals surface area contributed by atoms with Crippen molar-refractivity contribution < 1.29 is 0 Å². The van der Waals surface area contributed by atoms with Crippen LogP contribution in [0.3, 0.4) is 0 Å². The van der Waals surface area contributed by atoms with Crippen molar-refractivity contribution in [2.75, 3.05) is 18.0 Å². The third kappa shape index (κ3) is 3.15. The Balaban J connectivity index is 2.36. The van der Waals surface area contributed by atoms with Crippen LogP contribution in [0.2, 0.25) is 5.02 Å². The van der Waals surface area contributed by atoms with E-state index in [9.17, 15) is 0 Å². The molecule has 0 aliphatic carbocycles. The van der Waals surface area contributed by atoms with E-state index in [1.54, 1.807) is 0 Å². The fourth-order valence-corrected chi connectivity index (χ4v) is 3.61. The molecule has 112 valence electrons. The third-order valence-electron chi connectivity index (χ3n) is 4.67. The van der Waals surface area contributed by atoms with Crippen LogP contribution >= 0.6 is 27.5 Å². The normalized spacial score (nSPS) is 22.1. The summed E-state index contributed by atoms with van der Waals surface area (Å²) >= 11 is 10.0. The Morgan fingerprint density at radius 2 is 2.05 bits per heavy atom. The minimum absolute atomic E-state index is 0.206. The zero-order valence-electron chi connectivity index (χ0n) is 12.5. The number of piperazine rings is 1. The average Bonchev–Trinajstić information content (AvgIpc) is 2.49. The van der Waals surface area contributed by atoms with E-state index >= 15 is 0 Å². The van der Waals surface area contributed by atoms with Crippen molar-refractivity contribution in [3.63, 3.8) is 0 Å². The fraction of sp³-hybridized carbons (Fsp3) is 0.625. The molecule has 0 spiro atoms. The number of hydrogen-bond donors (Lipinski definition) is 1. The predicted molar refractivity (Wildman–Crippen MR) is 91.9 cm³/mol. The van der Waals surface area contributed by atoms with Gasteiger partial charge in [-0.3, -0.25) is 0 Å². The molecule has 0 aromatic heterocycles. The van der Waals surface area contributed by atoms with Gasteiger partial charge in [0, 0.05) is 29.1 Å². The van der Waals surface area contributed by atoms with Crippen molar-refractivity contribution in [1.82, 2.24) is 5.32 Å². The highest BCUT2D eigenvalue weighted by atomic mass is 79.9. The van der Waals surface area contributed by atoms with E-state index in [-0.39, 0.29) is 5.54 Å². The number of anilines is 1. The number of benzene rings is 1. The van der Waals surface area contributed by atoms with Crippen LogP contribution in [0, 0.1) is 0 Å². The van der Waals surface area contributed by atoms with Crippen molar-refractivity contribution in [3.8, 4) is 0 Å².